The Morgan fingerprint density at radius 1 is 1.33 bits per heavy atom. The number of halogens is 1. The molecule has 0 aliphatic heterocycles. The molecule has 0 spiro atoms. The van der Waals surface area contributed by atoms with E-state index in [2.05, 4.69) is 46.1 Å². The minimum atomic E-state index is 0.243. The summed E-state index contributed by atoms with van der Waals surface area (Å²) in [5, 5.41) is 3.13. The summed E-state index contributed by atoms with van der Waals surface area (Å²) in [6.45, 7) is 2.05. The molecule has 3 heteroatoms. The van der Waals surface area contributed by atoms with Gasteiger partial charge in [0, 0.05) is 15.2 Å². The molecule has 1 aromatic rings. The smallest absolute Gasteiger partial charge is 0.227 e. The lowest BCUT2D eigenvalue weighted by molar-refractivity contribution is -0.121. The average molecular weight is 355 g/mol. The first-order chi connectivity index (χ1) is 8.63. The van der Waals surface area contributed by atoms with E-state index in [1.54, 1.807) is 0 Å². The predicted molar refractivity (Wildman–Crippen MR) is 81.5 cm³/mol. The quantitative estimate of drug-likeness (QED) is 0.799. The summed E-state index contributed by atoms with van der Waals surface area (Å²) < 4.78 is 1.17. The first-order valence-corrected chi connectivity index (χ1v) is 7.78. The number of fused-ring (bicyclic) bond motifs is 2. The summed E-state index contributed by atoms with van der Waals surface area (Å²) in [7, 11) is 0. The molecule has 2 aliphatic rings. The van der Waals surface area contributed by atoms with Gasteiger partial charge in [0.25, 0.3) is 0 Å². The summed E-state index contributed by atoms with van der Waals surface area (Å²) in [4.78, 5) is 12.4. The van der Waals surface area contributed by atoms with Gasteiger partial charge in [-0.1, -0.05) is 12.5 Å². The minimum absolute atomic E-state index is 0.243. The van der Waals surface area contributed by atoms with Crippen molar-refractivity contribution < 1.29 is 4.79 Å². The summed E-state index contributed by atoms with van der Waals surface area (Å²) in [6.07, 6.45) is 4.99. The van der Waals surface area contributed by atoms with Gasteiger partial charge in [-0.15, -0.1) is 0 Å². The van der Waals surface area contributed by atoms with Gasteiger partial charge in [0.05, 0.1) is 0 Å². The number of rotatable bonds is 2. The van der Waals surface area contributed by atoms with Crippen LogP contribution in [-0.2, 0) is 4.79 Å². The molecule has 2 saturated carbocycles. The third-order valence-corrected chi connectivity index (χ3v) is 5.20. The average Bonchev–Trinajstić information content (AvgIpc) is 2.96. The van der Waals surface area contributed by atoms with Gasteiger partial charge in [0.15, 0.2) is 0 Å². The number of benzene rings is 1. The lowest BCUT2D eigenvalue weighted by atomic mass is 9.88. The Kier molecular flexibility index (Phi) is 3.34. The molecule has 3 unspecified atom stereocenters. The van der Waals surface area contributed by atoms with E-state index in [9.17, 15) is 4.79 Å². The maximum atomic E-state index is 12.4. The molecule has 0 saturated heterocycles. The van der Waals surface area contributed by atoms with Crippen LogP contribution in [0, 0.1) is 28.2 Å². The Morgan fingerprint density at radius 2 is 2.17 bits per heavy atom. The Labute approximate surface area is 122 Å². The van der Waals surface area contributed by atoms with Crippen LogP contribution in [0.25, 0.3) is 0 Å². The van der Waals surface area contributed by atoms with Crippen molar-refractivity contribution in [2.24, 2.45) is 17.8 Å². The van der Waals surface area contributed by atoms with E-state index in [-0.39, 0.29) is 11.8 Å². The molecule has 1 N–H and O–H groups in total. The SMILES string of the molecule is Cc1ccc(I)cc1NC(=O)C1CC2CCC1C2. The fourth-order valence-electron chi connectivity index (χ4n) is 3.52. The van der Waals surface area contributed by atoms with E-state index in [4.69, 9.17) is 0 Å². The number of nitrogens with one attached hydrogen (secondary N) is 1. The van der Waals surface area contributed by atoms with E-state index in [1.807, 2.05) is 6.92 Å². The largest absolute Gasteiger partial charge is 0.326 e. The Balaban J connectivity index is 1.72. The maximum absolute atomic E-state index is 12.4. The number of carbonyl (C=O) groups is 1. The number of hydrogen-bond donors (Lipinski definition) is 1. The summed E-state index contributed by atoms with van der Waals surface area (Å²) in [6, 6.07) is 6.20. The lowest BCUT2D eigenvalue weighted by Gasteiger charge is -2.21. The molecular formula is C15H18INO. The number of anilines is 1. The second-order valence-corrected chi connectivity index (χ2v) is 6.98. The van der Waals surface area contributed by atoms with E-state index in [1.165, 1.54) is 22.8 Å². The van der Waals surface area contributed by atoms with Gasteiger partial charge in [-0.05, 0) is 78.3 Å². The van der Waals surface area contributed by atoms with Crippen LogP contribution in [0.15, 0.2) is 18.2 Å². The van der Waals surface area contributed by atoms with Crippen LogP contribution < -0.4 is 5.32 Å². The molecule has 2 aliphatic carbocycles. The van der Waals surface area contributed by atoms with Crippen molar-refractivity contribution in [3.63, 3.8) is 0 Å². The second kappa shape index (κ2) is 4.83. The van der Waals surface area contributed by atoms with Gasteiger partial charge in [-0.3, -0.25) is 4.79 Å². The highest BCUT2D eigenvalue weighted by atomic mass is 127. The van der Waals surface area contributed by atoms with Gasteiger partial charge in [-0.25, -0.2) is 0 Å². The molecule has 3 atom stereocenters. The van der Waals surface area contributed by atoms with E-state index >= 15 is 0 Å². The van der Waals surface area contributed by atoms with Crippen molar-refractivity contribution in [1.29, 1.82) is 0 Å². The molecule has 1 amide bonds. The van der Waals surface area contributed by atoms with Crippen LogP contribution in [-0.4, -0.2) is 5.91 Å². The molecule has 0 heterocycles. The van der Waals surface area contributed by atoms with E-state index in [0.717, 1.165) is 23.6 Å². The zero-order chi connectivity index (χ0) is 12.7. The molecule has 2 nitrogen and oxygen atoms in total. The Hall–Kier alpha value is -0.580. The van der Waals surface area contributed by atoms with Crippen molar-refractivity contribution in [1.82, 2.24) is 0 Å². The summed E-state index contributed by atoms with van der Waals surface area (Å²) in [5.74, 6) is 1.98. The van der Waals surface area contributed by atoms with Crippen LogP contribution in [0.2, 0.25) is 0 Å². The van der Waals surface area contributed by atoms with E-state index in [0.29, 0.717) is 5.92 Å². The summed E-state index contributed by atoms with van der Waals surface area (Å²) >= 11 is 2.28. The third kappa shape index (κ3) is 2.29. The van der Waals surface area contributed by atoms with Gasteiger partial charge >= 0.3 is 0 Å². The first-order valence-electron chi connectivity index (χ1n) is 6.70. The maximum Gasteiger partial charge on any atom is 0.227 e. The van der Waals surface area contributed by atoms with Crippen LogP contribution in [0.3, 0.4) is 0 Å². The molecule has 18 heavy (non-hydrogen) atoms. The highest BCUT2D eigenvalue weighted by Crippen LogP contribution is 2.48. The zero-order valence-corrected chi connectivity index (χ0v) is 12.7. The zero-order valence-electron chi connectivity index (χ0n) is 10.6. The van der Waals surface area contributed by atoms with Gasteiger partial charge in [0.1, 0.15) is 0 Å². The molecule has 1 aromatic carbocycles. The number of hydrogen-bond acceptors (Lipinski definition) is 1. The van der Waals surface area contributed by atoms with E-state index < -0.39 is 0 Å². The fourth-order valence-corrected chi connectivity index (χ4v) is 4.01. The summed E-state index contributed by atoms with van der Waals surface area (Å²) in [5.41, 5.74) is 2.13. The Morgan fingerprint density at radius 3 is 2.83 bits per heavy atom. The molecular weight excluding hydrogens is 337 g/mol. The monoisotopic (exact) mass is 355 g/mol. The second-order valence-electron chi connectivity index (χ2n) is 5.73. The van der Waals surface area contributed by atoms with Crippen molar-refractivity contribution in [2.75, 3.05) is 5.32 Å². The number of carbonyl (C=O) groups excluding carboxylic acids is 1. The standard InChI is InChI=1S/C15H18INO/c1-9-2-5-12(16)8-14(9)17-15(18)13-7-10-3-4-11(13)6-10/h2,5,8,10-11,13H,3-4,6-7H2,1H3,(H,17,18). The van der Waals surface area contributed by atoms with Crippen molar-refractivity contribution in [3.8, 4) is 0 Å². The van der Waals surface area contributed by atoms with Crippen LogP contribution in [0.5, 0.6) is 0 Å². The van der Waals surface area contributed by atoms with Crippen molar-refractivity contribution >= 4 is 34.2 Å². The highest BCUT2D eigenvalue weighted by molar-refractivity contribution is 14.1. The van der Waals surface area contributed by atoms with Crippen LogP contribution >= 0.6 is 22.6 Å². The number of amides is 1. The molecule has 3 rings (SSSR count). The molecule has 0 radical (unpaired) electrons. The molecule has 0 aromatic heterocycles. The van der Waals surface area contributed by atoms with Crippen LogP contribution in [0.4, 0.5) is 5.69 Å². The lowest BCUT2D eigenvalue weighted by Crippen LogP contribution is -2.27. The number of aryl methyl sites for hydroxylation is 1. The third-order valence-electron chi connectivity index (χ3n) is 4.53. The normalized spacial score (nSPS) is 29.6. The minimum Gasteiger partial charge on any atom is -0.326 e. The van der Waals surface area contributed by atoms with Gasteiger partial charge < -0.3 is 5.32 Å². The first kappa shape index (κ1) is 12.5. The van der Waals surface area contributed by atoms with Gasteiger partial charge in [-0.2, -0.15) is 0 Å². The predicted octanol–water partition coefficient (Wildman–Crippen LogP) is 3.97. The fraction of sp³-hybridized carbons (Fsp3) is 0.533. The molecule has 96 valence electrons. The van der Waals surface area contributed by atoms with Crippen LogP contribution in [0.1, 0.15) is 31.2 Å². The van der Waals surface area contributed by atoms with Gasteiger partial charge in [0.2, 0.25) is 5.91 Å². The Bertz CT molecular complexity index is 485. The topological polar surface area (TPSA) is 29.1 Å². The highest BCUT2D eigenvalue weighted by Gasteiger charge is 2.43. The van der Waals surface area contributed by atoms with Crippen molar-refractivity contribution in [2.45, 2.75) is 32.6 Å². The molecule has 2 fully saturated rings. The van der Waals surface area contributed by atoms with Crippen molar-refractivity contribution in [3.05, 3.63) is 27.3 Å². The molecule has 2 bridgehead atoms.